The van der Waals surface area contributed by atoms with Crippen molar-refractivity contribution in [3.8, 4) is 0 Å². The van der Waals surface area contributed by atoms with Gasteiger partial charge in [0, 0.05) is 6.04 Å². The Hall–Kier alpha value is -0.760. The summed E-state index contributed by atoms with van der Waals surface area (Å²) in [7, 11) is 0. The first-order chi connectivity index (χ1) is 7.57. The van der Waals surface area contributed by atoms with Gasteiger partial charge in [-0.25, -0.2) is 0 Å². The van der Waals surface area contributed by atoms with E-state index in [1.54, 1.807) is 6.26 Å². The van der Waals surface area contributed by atoms with E-state index in [0.29, 0.717) is 11.5 Å². The van der Waals surface area contributed by atoms with Gasteiger partial charge in [0.15, 0.2) is 0 Å². The first-order valence-corrected chi connectivity index (χ1v) is 6.33. The lowest BCUT2D eigenvalue weighted by molar-refractivity contribution is 0.147. The van der Waals surface area contributed by atoms with Crippen molar-refractivity contribution in [3.63, 3.8) is 0 Å². The third-order valence-electron chi connectivity index (χ3n) is 3.81. The summed E-state index contributed by atoms with van der Waals surface area (Å²) in [4.78, 5) is 0. The molecule has 0 saturated heterocycles. The maximum atomic E-state index is 5.34. The molecule has 0 bridgehead atoms. The molecule has 16 heavy (non-hydrogen) atoms. The molecule has 0 aromatic carbocycles. The van der Waals surface area contributed by atoms with Gasteiger partial charge in [-0.05, 0) is 42.7 Å². The molecule has 1 aromatic rings. The quantitative estimate of drug-likeness (QED) is 0.844. The fourth-order valence-corrected chi connectivity index (χ4v) is 2.89. The highest BCUT2D eigenvalue weighted by Gasteiger charge is 2.31. The molecule has 2 rings (SSSR count). The Morgan fingerprint density at radius 3 is 2.94 bits per heavy atom. The van der Waals surface area contributed by atoms with Crippen molar-refractivity contribution in [2.24, 2.45) is 11.3 Å². The van der Waals surface area contributed by atoms with Crippen molar-refractivity contribution >= 4 is 0 Å². The zero-order valence-electron chi connectivity index (χ0n) is 10.6. The third kappa shape index (κ3) is 2.88. The third-order valence-corrected chi connectivity index (χ3v) is 3.81. The first-order valence-electron chi connectivity index (χ1n) is 6.33. The zero-order chi connectivity index (χ0) is 11.6. The first kappa shape index (κ1) is 11.7. The molecule has 0 amide bonds. The topological polar surface area (TPSA) is 25.2 Å². The molecule has 0 spiro atoms. The molecule has 2 atom stereocenters. The molecule has 2 unspecified atom stereocenters. The Bertz CT molecular complexity index is 315. The second-order valence-electron chi connectivity index (χ2n) is 5.95. The van der Waals surface area contributed by atoms with Crippen molar-refractivity contribution < 1.29 is 4.42 Å². The molecule has 1 N–H and O–H groups in total. The van der Waals surface area contributed by atoms with E-state index in [1.165, 1.54) is 19.3 Å². The lowest BCUT2D eigenvalue weighted by Gasteiger charge is -2.39. The van der Waals surface area contributed by atoms with Crippen LogP contribution in [0, 0.1) is 11.3 Å². The summed E-state index contributed by atoms with van der Waals surface area (Å²) in [6.45, 7) is 7.99. The summed E-state index contributed by atoms with van der Waals surface area (Å²) in [6.07, 6.45) is 5.68. The number of furan rings is 1. The van der Waals surface area contributed by atoms with Gasteiger partial charge in [0.1, 0.15) is 5.76 Å². The average Bonchev–Trinajstić information content (AvgIpc) is 2.68. The molecular formula is C14H23NO. The van der Waals surface area contributed by atoms with Crippen LogP contribution in [-0.4, -0.2) is 6.04 Å². The van der Waals surface area contributed by atoms with Crippen LogP contribution in [0.15, 0.2) is 22.8 Å². The van der Waals surface area contributed by atoms with Crippen molar-refractivity contribution in [1.29, 1.82) is 0 Å². The molecule has 1 fully saturated rings. The average molecular weight is 221 g/mol. The van der Waals surface area contributed by atoms with Crippen LogP contribution < -0.4 is 5.32 Å². The second-order valence-corrected chi connectivity index (χ2v) is 5.95. The summed E-state index contributed by atoms with van der Waals surface area (Å²) in [6, 6.07) is 4.63. The van der Waals surface area contributed by atoms with E-state index in [9.17, 15) is 0 Å². The molecule has 90 valence electrons. The van der Waals surface area contributed by atoms with E-state index in [-0.39, 0.29) is 0 Å². The predicted molar refractivity (Wildman–Crippen MR) is 66.1 cm³/mol. The Balaban J connectivity index is 1.83. The van der Waals surface area contributed by atoms with Crippen molar-refractivity contribution in [3.05, 3.63) is 24.2 Å². The summed E-state index contributed by atoms with van der Waals surface area (Å²) < 4.78 is 5.34. The fraction of sp³-hybridized carbons (Fsp3) is 0.714. The van der Waals surface area contributed by atoms with Gasteiger partial charge < -0.3 is 9.73 Å². The van der Waals surface area contributed by atoms with Crippen molar-refractivity contribution in [2.45, 2.75) is 52.6 Å². The van der Waals surface area contributed by atoms with Gasteiger partial charge in [-0.3, -0.25) is 0 Å². The van der Waals surface area contributed by atoms with E-state index < -0.39 is 0 Å². The molecule has 1 heterocycles. The number of hydrogen-bond donors (Lipinski definition) is 1. The lowest BCUT2D eigenvalue weighted by atomic mass is 9.70. The minimum absolute atomic E-state index is 0.530. The molecule has 2 heteroatoms. The van der Waals surface area contributed by atoms with Gasteiger partial charge in [-0.2, -0.15) is 0 Å². The summed E-state index contributed by atoms with van der Waals surface area (Å²) in [5.41, 5.74) is 0.530. The van der Waals surface area contributed by atoms with E-state index in [1.807, 2.05) is 12.1 Å². The van der Waals surface area contributed by atoms with Gasteiger partial charge in [-0.1, -0.05) is 20.8 Å². The second kappa shape index (κ2) is 4.62. The van der Waals surface area contributed by atoms with E-state index in [0.717, 1.165) is 18.2 Å². The Labute approximate surface area is 98.4 Å². The largest absolute Gasteiger partial charge is 0.468 e. The normalized spacial score (nSPS) is 29.2. The SMILES string of the molecule is CC1CC(C)(C)CCC1NCc1ccco1. The smallest absolute Gasteiger partial charge is 0.117 e. The molecule has 0 radical (unpaired) electrons. The van der Waals surface area contributed by atoms with Crippen LogP contribution >= 0.6 is 0 Å². The van der Waals surface area contributed by atoms with Crippen LogP contribution in [0.3, 0.4) is 0 Å². The van der Waals surface area contributed by atoms with Crippen LogP contribution in [0.5, 0.6) is 0 Å². The maximum absolute atomic E-state index is 5.34. The van der Waals surface area contributed by atoms with Crippen LogP contribution in [0.1, 0.15) is 45.8 Å². The van der Waals surface area contributed by atoms with Crippen LogP contribution in [0.2, 0.25) is 0 Å². The monoisotopic (exact) mass is 221 g/mol. The van der Waals surface area contributed by atoms with Gasteiger partial charge in [0.25, 0.3) is 0 Å². The molecule has 1 aliphatic rings. The number of rotatable bonds is 3. The van der Waals surface area contributed by atoms with Crippen LogP contribution in [0.25, 0.3) is 0 Å². The van der Waals surface area contributed by atoms with E-state index >= 15 is 0 Å². The molecule has 0 aliphatic heterocycles. The number of nitrogens with one attached hydrogen (secondary N) is 1. The predicted octanol–water partition coefficient (Wildman–Crippen LogP) is 3.58. The standard InChI is InChI=1S/C14H23NO/c1-11-9-14(2,3)7-6-13(11)15-10-12-5-4-8-16-12/h4-5,8,11,13,15H,6-7,9-10H2,1-3H3. The van der Waals surface area contributed by atoms with E-state index in [4.69, 9.17) is 4.42 Å². The molecule has 1 saturated carbocycles. The number of hydrogen-bond acceptors (Lipinski definition) is 2. The molecular weight excluding hydrogens is 198 g/mol. The zero-order valence-corrected chi connectivity index (χ0v) is 10.6. The molecule has 2 nitrogen and oxygen atoms in total. The van der Waals surface area contributed by atoms with Gasteiger partial charge in [0.05, 0.1) is 12.8 Å². The van der Waals surface area contributed by atoms with Crippen LogP contribution in [-0.2, 0) is 6.54 Å². The summed E-state index contributed by atoms with van der Waals surface area (Å²) >= 11 is 0. The highest BCUT2D eigenvalue weighted by atomic mass is 16.3. The molecule has 1 aliphatic carbocycles. The van der Waals surface area contributed by atoms with E-state index in [2.05, 4.69) is 26.1 Å². The maximum Gasteiger partial charge on any atom is 0.117 e. The van der Waals surface area contributed by atoms with Gasteiger partial charge in [-0.15, -0.1) is 0 Å². The lowest BCUT2D eigenvalue weighted by Crippen LogP contribution is -2.41. The minimum Gasteiger partial charge on any atom is -0.468 e. The van der Waals surface area contributed by atoms with Crippen LogP contribution in [0.4, 0.5) is 0 Å². The summed E-state index contributed by atoms with van der Waals surface area (Å²) in [5, 5.41) is 3.62. The highest BCUT2D eigenvalue weighted by molar-refractivity contribution is 4.98. The molecule has 1 aromatic heterocycles. The Kier molecular flexibility index (Phi) is 3.38. The summed E-state index contributed by atoms with van der Waals surface area (Å²) in [5.74, 6) is 1.80. The van der Waals surface area contributed by atoms with Gasteiger partial charge in [0.2, 0.25) is 0 Å². The fourth-order valence-electron chi connectivity index (χ4n) is 2.89. The Morgan fingerprint density at radius 2 is 2.31 bits per heavy atom. The van der Waals surface area contributed by atoms with Crippen molar-refractivity contribution in [1.82, 2.24) is 5.32 Å². The van der Waals surface area contributed by atoms with Gasteiger partial charge >= 0.3 is 0 Å². The minimum atomic E-state index is 0.530. The highest BCUT2D eigenvalue weighted by Crippen LogP contribution is 2.38. The Morgan fingerprint density at radius 1 is 1.50 bits per heavy atom. The van der Waals surface area contributed by atoms with Crippen molar-refractivity contribution in [2.75, 3.05) is 0 Å².